The molecular weight excluding hydrogens is 250 g/mol. The quantitative estimate of drug-likeness (QED) is 0.818. The molecule has 2 N–H and O–H groups in total. The highest BCUT2D eigenvalue weighted by atomic mass is 16.3. The Labute approximate surface area is 118 Å². The van der Waals surface area contributed by atoms with Gasteiger partial charge in [-0.05, 0) is 36.2 Å². The number of phenols is 1. The van der Waals surface area contributed by atoms with Gasteiger partial charge in [0.1, 0.15) is 5.75 Å². The van der Waals surface area contributed by atoms with E-state index in [-0.39, 0.29) is 17.7 Å². The molecule has 1 amide bonds. The standard InChI is InChI=1S/C17H17NO2/c1-2-15(12-13-8-10-16(19)11-9-13)18-17(20)14-6-4-3-5-7-14/h2-11,15,19H,1,12H2,(H,18,20)/t15-/m1/s1. The SMILES string of the molecule is C=C[C@H](Cc1ccc(O)cc1)NC(=O)c1ccccc1. The van der Waals surface area contributed by atoms with E-state index in [0.29, 0.717) is 12.0 Å². The van der Waals surface area contributed by atoms with Gasteiger partial charge >= 0.3 is 0 Å². The summed E-state index contributed by atoms with van der Waals surface area (Å²) in [7, 11) is 0. The van der Waals surface area contributed by atoms with Gasteiger partial charge in [-0.3, -0.25) is 4.79 Å². The van der Waals surface area contributed by atoms with Crippen LogP contribution < -0.4 is 5.32 Å². The number of hydrogen-bond donors (Lipinski definition) is 2. The summed E-state index contributed by atoms with van der Waals surface area (Å²) < 4.78 is 0. The average Bonchev–Trinajstić information content (AvgIpc) is 2.49. The van der Waals surface area contributed by atoms with Crippen LogP contribution in [-0.2, 0) is 6.42 Å². The average molecular weight is 267 g/mol. The number of aromatic hydroxyl groups is 1. The van der Waals surface area contributed by atoms with E-state index in [0.717, 1.165) is 5.56 Å². The van der Waals surface area contributed by atoms with Crippen LogP contribution in [0, 0.1) is 0 Å². The first-order valence-electron chi connectivity index (χ1n) is 6.45. The molecule has 0 radical (unpaired) electrons. The summed E-state index contributed by atoms with van der Waals surface area (Å²) in [5.74, 6) is 0.117. The van der Waals surface area contributed by atoms with Crippen LogP contribution in [0.15, 0.2) is 67.3 Å². The number of nitrogens with one attached hydrogen (secondary N) is 1. The van der Waals surface area contributed by atoms with E-state index in [4.69, 9.17) is 0 Å². The second-order valence-electron chi connectivity index (χ2n) is 4.55. The third kappa shape index (κ3) is 3.72. The van der Waals surface area contributed by atoms with Crippen LogP contribution in [-0.4, -0.2) is 17.1 Å². The zero-order valence-electron chi connectivity index (χ0n) is 11.1. The molecular formula is C17H17NO2. The Balaban J connectivity index is 2.00. The Morgan fingerprint density at radius 2 is 1.80 bits per heavy atom. The predicted octanol–water partition coefficient (Wildman–Crippen LogP) is 2.92. The first-order valence-corrected chi connectivity index (χ1v) is 6.45. The molecule has 2 rings (SSSR count). The number of benzene rings is 2. The van der Waals surface area contributed by atoms with Crippen molar-refractivity contribution in [2.24, 2.45) is 0 Å². The molecule has 0 heterocycles. The molecule has 2 aromatic carbocycles. The number of amides is 1. The number of phenolic OH excluding ortho intramolecular Hbond substituents is 1. The van der Waals surface area contributed by atoms with Crippen LogP contribution in [0.3, 0.4) is 0 Å². The van der Waals surface area contributed by atoms with Gasteiger partial charge in [0, 0.05) is 5.56 Å². The smallest absolute Gasteiger partial charge is 0.251 e. The molecule has 0 bridgehead atoms. The summed E-state index contributed by atoms with van der Waals surface area (Å²) in [6, 6.07) is 15.9. The van der Waals surface area contributed by atoms with Crippen LogP contribution in [0.5, 0.6) is 5.75 Å². The van der Waals surface area contributed by atoms with E-state index in [2.05, 4.69) is 11.9 Å². The van der Waals surface area contributed by atoms with Gasteiger partial charge in [0.25, 0.3) is 5.91 Å². The second-order valence-corrected chi connectivity index (χ2v) is 4.55. The summed E-state index contributed by atoms with van der Waals surface area (Å²) in [4.78, 5) is 12.1. The van der Waals surface area contributed by atoms with Crippen molar-refractivity contribution in [3.8, 4) is 5.75 Å². The van der Waals surface area contributed by atoms with E-state index in [1.807, 2.05) is 30.3 Å². The van der Waals surface area contributed by atoms with Crippen molar-refractivity contribution in [3.05, 3.63) is 78.4 Å². The van der Waals surface area contributed by atoms with Gasteiger partial charge in [0.05, 0.1) is 6.04 Å². The molecule has 1 atom stereocenters. The van der Waals surface area contributed by atoms with Crippen molar-refractivity contribution in [2.45, 2.75) is 12.5 Å². The Morgan fingerprint density at radius 1 is 1.15 bits per heavy atom. The van der Waals surface area contributed by atoms with E-state index in [9.17, 15) is 9.90 Å². The van der Waals surface area contributed by atoms with Crippen LogP contribution in [0.25, 0.3) is 0 Å². The molecule has 0 aliphatic heterocycles. The fourth-order valence-electron chi connectivity index (χ4n) is 1.92. The molecule has 0 saturated carbocycles. The number of carbonyl (C=O) groups excluding carboxylic acids is 1. The summed E-state index contributed by atoms with van der Waals surface area (Å²) in [5.41, 5.74) is 1.66. The fraction of sp³-hybridized carbons (Fsp3) is 0.118. The van der Waals surface area contributed by atoms with Crippen molar-refractivity contribution in [1.29, 1.82) is 0 Å². The van der Waals surface area contributed by atoms with Crippen molar-refractivity contribution < 1.29 is 9.90 Å². The Bertz CT molecular complexity index is 576. The third-order valence-electron chi connectivity index (χ3n) is 3.03. The van der Waals surface area contributed by atoms with Crippen LogP contribution >= 0.6 is 0 Å². The van der Waals surface area contributed by atoms with E-state index < -0.39 is 0 Å². The monoisotopic (exact) mass is 267 g/mol. The molecule has 0 aliphatic rings. The highest BCUT2D eigenvalue weighted by molar-refractivity contribution is 5.94. The molecule has 0 saturated heterocycles. The zero-order chi connectivity index (χ0) is 14.4. The minimum Gasteiger partial charge on any atom is -0.508 e. The summed E-state index contributed by atoms with van der Waals surface area (Å²) in [6.45, 7) is 3.76. The van der Waals surface area contributed by atoms with Gasteiger partial charge in [0.15, 0.2) is 0 Å². The van der Waals surface area contributed by atoms with Gasteiger partial charge in [-0.1, -0.05) is 36.4 Å². The maximum absolute atomic E-state index is 12.1. The first-order chi connectivity index (χ1) is 9.69. The highest BCUT2D eigenvalue weighted by Crippen LogP contribution is 2.12. The molecule has 0 aliphatic carbocycles. The Morgan fingerprint density at radius 3 is 2.40 bits per heavy atom. The number of carbonyl (C=O) groups is 1. The number of hydrogen-bond acceptors (Lipinski definition) is 2. The Kier molecular flexibility index (Phi) is 4.56. The zero-order valence-corrected chi connectivity index (χ0v) is 11.1. The van der Waals surface area contributed by atoms with Crippen LogP contribution in [0.1, 0.15) is 15.9 Å². The normalized spacial score (nSPS) is 11.6. The second kappa shape index (κ2) is 6.57. The summed E-state index contributed by atoms with van der Waals surface area (Å²) in [5, 5.41) is 12.2. The van der Waals surface area contributed by atoms with Gasteiger partial charge in [-0.15, -0.1) is 6.58 Å². The first kappa shape index (κ1) is 13.9. The van der Waals surface area contributed by atoms with Crippen molar-refractivity contribution in [3.63, 3.8) is 0 Å². The van der Waals surface area contributed by atoms with Crippen molar-refractivity contribution >= 4 is 5.91 Å². The van der Waals surface area contributed by atoms with E-state index >= 15 is 0 Å². The van der Waals surface area contributed by atoms with Crippen LogP contribution in [0.2, 0.25) is 0 Å². The lowest BCUT2D eigenvalue weighted by Gasteiger charge is -2.15. The fourth-order valence-corrected chi connectivity index (χ4v) is 1.92. The maximum Gasteiger partial charge on any atom is 0.251 e. The molecule has 3 heteroatoms. The maximum atomic E-state index is 12.1. The Hall–Kier alpha value is -2.55. The molecule has 0 unspecified atom stereocenters. The molecule has 2 aromatic rings. The lowest BCUT2D eigenvalue weighted by atomic mass is 10.1. The lowest BCUT2D eigenvalue weighted by Crippen LogP contribution is -2.34. The minimum atomic E-state index is -0.146. The summed E-state index contributed by atoms with van der Waals surface area (Å²) >= 11 is 0. The highest BCUT2D eigenvalue weighted by Gasteiger charge is 2.11. The van der Waals surface area contributed by atoms with Crippen molar-refractivity contribution in [1.82, 2.24) is 5.32 Å². The van der Waals surface area contributed by atoms with Gasteiger partial charge in [-0.25, -0.2) is 0 Å². The minimum absolute atomic E-state index is 0.116. The van der Waals surface area contributed by atoms with E-state index in [1.54, 1.807) is 30.3 Å². The van der Waals surface area contributed by atoms with Crippen LogP contribution in [0.4, 0.5) is 0 Å². The number of rotatable bonds is 5. The summed E-state index contributed by atoms with van der Waals surface area (Å²) in [6.07, 6.45) is 2.36. The van der Waals surface area contributed by atoms with Crippen molar-refractivity contribution in [2.75, 3.05) is 0 Å². The molecule has 0 aromatic heterocycles. The molecule has 102 valence electrons. The van der Waals surface area contributed by atoms with E-state index in [1.165, 1.54) is 0 Å². The lowest BCUT2D eigenvalue weighted by molar-refractivity contribution is 0.0944. The molecule has 0 spiro atoms. The van der Waals surface area contributed by atoms with Gasteiger partial charge in [0.2, 0.25) is 0 Å². The molecule has 0 fully saturated rings. The third-order valence-corrected chi connectivity index (χ3v) is 3.03. The van der Waals surface area contributed by atoms with Gasteiger partial charge in [-0.2, -0.15) is 0 Å². The predicted molar refractivity (Wildman–Crippen MR) is 79.7 cm³/mol. The largest absolute Gasteiger partial charge is 0.508 e. The molecule has 20 heavy (non-hydrogen) atoms. The molecule has 3 nitrogen and oxygen atoms in total. The topological polar surface area (TPSA) is 49.3 Å². The van der Waals surface area contributed by atoms with Gasteiger partial charge < -0.3 is 10.4 Å².